The van der Waals surface area contributed by atoms with Crippen molar-refractivity contribution < 1.29 is 0 Å². The first-order valence-corrected chi connectivity index (χ1v) is 7.41. The molecule has 0 aromatic heterocycles. The van der Waals surface area contributed by atoms with Gasteiger partial charge in [0.15, 0.2) is 0 Å². The predicted octanol–water partition coefficient (Wildman–Crippen LogP) is 3.54. The van der Waals surface area contributed by atoms with Gasteiger partial charge in [0, 0.05) is 19.1 Å². The fourth-order valence-electron chi connectivity index (χ4n) is 2.87. The second kappa shape index (κ2) is 5.64. The minimum atomic E-state index is 0.302. The fraction of sp³-hybridized carbons (Fsp3) is 0.647. The Hall–Kier alpha value is -0.860. The Balaban J connectivity index is 2.14. The van der Waals surface area contributed by atoms with Crippen LogP contribution in [0.2, 0.25) is 0 Å². The van der Waals surface area contributed by atoms with Crippen LogP contribution in [0.1, 0.15) is 56.7 Å². The molecular formula is C17H28N2. The molecule has 1 aromatic carbocycles. The lowest BCUT2D eigenvalue weighted by Crippen LogP contribution is -2.36. The monoisotopic (exact) mass is 260 g/mol. The van der Waals surface area contributed by atoms with E-state index < -0.39 is 0 Å². The van der Waals surface area contributed by atoms with Crippen LogP contribution in [0.15, 0.2) is 24.3 Å². The van der Waals surface area contributed by atoms with Gasteiger partial charge < -0.3 is 5.73 Å². The molecule has 0 spiro atoms. The third-order valence-electron chi connectivity index (χ3n) is 3.82. The molecule has 0 aliphatic heterocycles. The number of nitrogens with two attached hydrogens (primary N) is 1. The Labute approximate surface area is 118 Å². The summed E-state index contributed by atoms with van der Waals surface area (Å²) in [6.45, 7) is 8.57. The van der Waals surface area contributed by atoms with E-state index in [4.69, 9.17) is 5.73 Å². The normalized spacial score (nSPS) is 17.8. The second-order valence-corrected chi connectivity index (χ2v) is 7.17. The number of likely N-dealkylation sites (N-methyl/N-ethyl adjacent to an activating group) is 1. The van der Waals surface area contributed by atoms with E-state index in [0.717, 1.165) is 12.5 Å². The first kappa shape index (κ1) is 14.5. The number of hydrogen-bond donors (Lipinski definition) is 1. The van der Waals surface area contributed by atoms with Crippen molar-refractivity contribution in [1.29, 1.82) is 0 Å². The molecule has 2 nitrogen and oxygen atoms in total. The van der Waals surface area contributed by atoms with Crippen LogP contribution in [0, 0.1) is 5.41 Å². The lowest BCUT2D eigenvalue weighted by molar-refractivity contribution is 0.175. The molecule has 2 heteroatoms. The molecule has 1 unspecified atom stereocenters. The van der Waals surface area contributed by atoms with Crippen LogP contribution in [-0.2, 0) is 0 Å². The van der Waals surface area contributed by atoms with E-state index in [0.29, 0.717) is 18.0 Å². The van der Waals surface area contributed by atoms with Crippen LogP contribution in [0.4, 0.5) is 0 Å². The van der Waals surface area contributed by atoms with Crippen molar-refractivity contribution in [2.24, 2.45) is 11.1 Å². The summed E-state index contributed by atoms with van der Waals surface area (Å²) in [6.07, 6.45) is 2.71. The van der Waals surface area contributed by atoms with E-state index in [2.05, 4.69) is 57.0 Å². The highest BCUT2D eigenvalue weighted by Crippen LogP contribution is 2.40. The van der Waals surface area contributed by atoms with E-state index in [1.807, 2.05) is 0 Å². The maximum absolute atomic E-state index is 6.02. The van der Waals surface area contributed by atoms with Gasteiger partial charge in [-0.15, -0.1) is 0 Å². The minimum Gasteiger partial charge on any atom is -0.329 e. The molecule has 0 heterocycles. The highest BCUT2D eigenvalue weighted by atomic mass is 15.1. The van der Waals surface area contributed by atoms with Crippen LogP contribution < -0.4 is 5.73 Å². The molecule has 1 aromatic rings. The predicted molar refractivity (Wildman–Crippen MR) is 82.3 cm³/mol. The first-order chi connectivity index (χ1) is 8.90. The number of hydrogen-bond acceptors (Lipinski definition) is 2. The standard InChI is InChI=1S/C17H28N2/c1-17(2,3)12-19(4)16(11-18)15-7-5-6-14(10-15)13-8-9-13/h5-7,10,13,16H,8-9,11-12,18H2,1-4H3. The zero-order valence-corrected chi connectivity index (χ0v) is 12.8. The molecule has 0 saturated heterocycles. The summed E-state index contributed by atoms with van der Waals surface area (Å²) < 4.78 is 0. The van der Waals surface area contributed by atoms with Gasteiger partial charge in [0.2, 0.25) is 0 Å². The van der Waals surface area contributed by atoms with E-state index in [-0.39, 0.29) is 0 Å². The van der Waals surface area contributed by atoms with E-state index in [9.17, 15) is 0 Å². The Kier molecular flexibility index (Phi) is 4.32. The number of rotatable bonds is 5. The molecule has 1 aliphatic carbocycles. The van der Waals surface area contributed by atoms with Crippen molar-refractivity contribution in [2.75, 3.05) is 20.1 Å². The molecule has 106 valence electrons. The van der Waals surface area contributed by atoms with Gasteiger partial charge in [-0.1, -0.05) is 45.0 Å². The molecule has 1 fully saturated rings. The smallest absolute Gasteiger partial charge is 0.0467 e. The zero-order valence-electron chi connectivity index (χ0n) is 12.8. The first-order valence-electron chi connectivity index (χ1n) is 7.41. The fourth-order valence-corrected chi connectivity index (χ4v) is 2.87. The quantitative estimate of drug-likeness (QED) is 0.877. The van der Waals surface area contributed by atoms with Gasteiger partial charge in [-0.25, -0.2) is 0 Å². The van der Waals surface area contributed by atoms with Crippen molar-refractivity contribution >= 4 is 0 Å². The van der Waals surface area contributed by atoms with Crippen molar-refractivity contribution in [3.63, 3.8) is 0 Å². The highest BCUT2D eigenvalue weighted by Gasteiger charge is 2.25. The third-order valence-corrected chi connectivity index (χ3v) is 3.82. The topological polar surface area (TPSA) is 29.3 Å². The molecule has 1 saturated carbocycles. The van der Waals surface area contributed by atoms with E-state index in [1.54, 1.807) is 0 Å². The van der Waals surface area contributed by atoms with Gasteiger partial charge in [-0.05, 0) is 42.3 Å². The molecule has 19 heavy (non-hydrogen) atoms. The summed E-state index contributed by atoms with van der Waals surface area (Å²) in [6, 6.07) is 9.38. The van der Waals surface area contributed by atoms with Crippen molar-refractivity contribution in [2.45, 2.75) is 45.6 Å². The second-order valence-electron chi connectivity index (χ2n) is 7.17. The van der Waals surface area contributed by atoms with Gasteiger partial charge in [0.25, 0.3) is 0 Å². The Morgan fingerprint density at radius 3 is 2.53 bits per heavy atom. The maximum Gasteiger partial charge on any atom is 0.0467 e. The average molecular weight is 260 g/mol. The molecule has 0 bridgehead atoms. The van der Waals surface area contributed by atoms with Crippen LogP contribution in [0.5, 0.6) is 0 Å². The lowest BCUT2D eigenvalue weighted by Gasteiger charge is -2.33. The van der Waals surface area contributed by atoms with Crippen molar-refractivity contribution in [1.82, 2.24) is 4.90 Å². The largest absolute Gasteiger partial charge is 0.329 e. The van der Waals surface area contributed by atoms with Crippen LogP contribution >= 0.6 is 0 Å². The third kappa shape index (κ3) is 4.05. The van der Waals surface area contributed by atoms with Gasteiger partial charge in [-0.3, -0.25) is 4.90 Å². The summed E-state index contributed by atoms with van der Waals surface area (Å²) in [5.41, 5.74) is 9.20. The lowest BCUT2D eigenvalue weighted by atomic mass is 9.94. The molecule has 2 N–H and O–H groups in total. The zero-order chi connectivity index (χ0) is 14.0. The Bertz CT molecular complexity index is 416. The minimum absolute atomic E-state index is 0.302. The van der Waals surface area contributed by atoms with Gasteiger partial charge in [-0.2, -0.15) is 0 Å². The molecule has 2 rings (SSSR count). The molecular weight excluding hydrogens is 232 g/mol. The molecule has 1 atom stereocenters. The Morgan fingerprint density at radius 1 is 1.32 bits per heavy atom. The van der Waals surface area contributed by atoms with Gasteiger partial charge in [0.1, 0.15) is 0 Å². The summed E-state index contributed by atoms with van der Waals surface area (Å²) in [4.78, 5) is 2.39. The Morgan fingerprint density at radius 2 is 2.00 bits per heavy atom. The number of nitrogens with zero attached hydrogens (tertiary/aromatic N) is 1. The summed E-state index contributed by atoms with van der Waals surface area (Å²) in [7, 11) is 2.19. The summed E-state index contributed by atoms with van der Waals surface area (Å²) >= 11 is 0. The molecule has 1 aliphatic rings. The summed E-state index contributed by atoms with van der Waals surface area (Å²) in [5, 5.41) is 0. The molecule has 0 amide bonds. The van der Waals surface area contributed by atoms with Gasteiger partial charge in [0.05, 0.1) is 0 Å². The average Bonchev–Trinajstić information content (AvgIpc) is 3.11. The van der Waals surface area contributed by atoms with Crippen LogP contribution in [-0.4, -0.2) is 25.0 Å². The van der Waals surface area contributed by atoms with Crippen molar-refractivity contribution in [3.05, 3.63) is 35.4 Å². The highest BCUT2D eigenvalue weighted by molar-refractivity contribution is 5.31. The maximum atomic E-state index is 6.02. The van der Waals surface area contributed by atoms with Crippen LogP contribution in [0.25, 0.3) is 0 Å². The van der Waals surface area contributed by atoms with E-state index >= 15 is 0 Å². The SMILES string of the molecule is CN(CC(C)(C)C)C(CN)c1cccc(C2CC2)c1. The number of benzene rings is 1. The van der Waals surface area contributed by atoms with Crippen molar-refractivity contribution in [3.8, 4) is 0 Å². The summed E-state index contributed by atoms with van der Waals surface area (Å²) in [5.74, 6) is 0.811. The van der Waals surface area contributed by atoms with E-state index in [1.165, 1.54) is 24.0 Å². The van der Waals surface area contributed by atoms with Crippen LogP contribution in [0.3, 0.4) is 0 Å². The van der Waals surface area contributed by atoms with Gasteiger partial charge >= 0.3 is 0 Å². The molecule has 0 radical (unpaired) electrons.